The zero-order valence-electron chi connectivity index (χ0n) is 23.1. The van der Waals surface area contributed by atoms with Crippen LogP contribution in [0.5, 0.6) is 5.75 Å². The Kier molecular flexibility index (Phi) is 12.1. The van der Waals surface area contributed by atoms with Gasteiger partial charge in [-0.1, -0.05) is 71.4 Å². The van der Waals surface area contributed by atoms with Crippen molar-refractivity contribution in [1.82, 2.24) is 16.0 Å². The minimum Gasteiger partial charge on any atom is -0.507 e. The van der Waals surface area contributed by atoms with Crippen molar-refractivity contribution in [1.29, 1.82) is 0 Å². The summed E-state index contributed by atoms with van der Waals surface area (Å²) in [6.45, 7) is 17.8. The smallest absolute Gasteiger partial charge is 0.314 e. The van der Waals surface area contributed by atoms with Crippen molar-refractivity contribution in [3.05, 3.63) is 47.1 Å². The van der Waals surface area contributed by atoms with E-state index in [0.717, 1.165) is 42.4 Å². The monoisotopic (exact) mass is 485 g/mol. The fourth-order valence-corrected chi connectivity index (χ4v) is 3.79. The Hall–Kier alpha value is -2.76. The van der Waals surface area contributed by atoms with Crippen LogP contribution in [-0.4, -0.2) is 36.7 Å². The van der Waals surface area contributed by atoms with Gasteiger partial charge in [0.25, 0.3) is 0 Å². The van der Waals surface area contributed by atoms with Crippen LogP contribution in [0.3, 0.4) is 0 Å². The van der Waals surface area contributed by atoms with E-state index in [9.17, 15) is 14.7 Å². The number of carbonyl (C=O) groups excluding carboxylic acids is 2. The number of rotatable bonds is 12. The normalized spacial score (nSPS) is 12.9. The molecule has 0 aromatic heterocycles. The fraction of sp³-hybridized carbons (Fsp3) is 0.586. The number of benzene rings is 1. The highest BCUT2D eigenvalue weighted by Gasteiger charge is 2.23. The maximum Gasteiger partial charge on any atom is 0.314 e. The molecule has 0 heterocycles. The Labute approximate surface area is 212 Å². The Balaban J connectivity index is 2.86. The number of hydrogen-bond donors (Lipinski definition) is 4. The zero-order valence-corrected chi connectivity index (χ0v) is 23.1. The number of amides is 3. The minimum absolute atomic E-state index is 0.0655. The highest BCUT2D eigenvalue weighted by atomic mass is 16.3. The molecule has 0 atom stereocenters. The number of nitrogens with one attached hydrogen (secondary N) is 3. The second-order valence-electron chi connectivity index (χ2n) is 10.7. The second kappa shape index (κ2) is 14.0. The summed E-state index contributed by atoms with van der Waals surface area (Å²) in [5.41, 5.74) is 3.53. The first kappa shape index (κ1) is 30.3. The molecule has 0 bridgehead atoms. The zero-order chi connectivity index (χ0) is 26.6. The molecule has 0 aliphatic rings. The Morgan fingerprint density at radius 2 is 1.69 bits per heavy atom. The first-order chi connectivity index (χ1) is 16.3. The lowest BCUT2D eigenvalue weighted by molar-refractivity contribution is -0.128. The largest absolute Gasteiger partial charge is 0.507 e. The molecule has 0 unspecified atom stereocenters. The molecule has 3 amide bonds. The SMILES string of the molecule is C/C=C(\C=C(/CC)CCNC(=O)NCC)c1ccc(C(C)(C)CCCNC(=O)C(C)(C)C)cc1O. The van der Waals surface area contributed by atoms with E-state index >= 15 is 0 Å². The van der Waals surface area contributed by atoms with Crippen molar-refractivity contribution in [2.75, 3.05) is 19.6 Å². The molecule has 0 fully saturated rings. The average molecular weight is 486 g/mol. The molecule has 6 heteroatoms. The van der Waals surface area contributed by atoms with Crippen LogP contribution in [0.1, 0.15) is 92.2 Å². The number of phenolic OH excluding ortho intramolecular Hbond substituents is 1. The number of hydrogen-bond acceptors (Lipinski definition) is 3. The van der Waals surface area contributed by atoms with Crippen molar-refractivity contribution >= 4 is 17.5 Å². The summed E-state index contributed by atoms with van der Waals surface area (Å²) in [5, 5.41) is 19.5. The van der Waals surface area contributed by atoms with Gasteiger partial charge in [-0.2, -0.15) is 0 Å². The molecular formula is C29H47N3O3. The van der Waals surface area contributed by atoms with Gasteiger partial charge in [0, 0.05) is 30.6 Å². The van der Waals surface area contributed by atoms with Gasteiger partial charge in [-0.05, 0) is 62.1 Å². The van der Waals surface area contributed by atoms with Crippen LogP contribution < -0.4 is 16.0 Å². The molecular weight excluding hydrogens is 438 g/mol. The van der Waals surface area contributed by atoms with E-state index in [4.69, 9.17) is 0 Å². The molecule has 1 aromatic carbocycles. The maximum atomic E-state index is 12.1. The van der Waals surface area contributed by atoms with Crippen molar-refractivity contribution in [3.63, 3.8) is 0 Å². The first-order valence-electron chi connectivity index (χ1n) is 12.8. The molecule has 6 nitrogen and oxygen atoms in total. The number of allylic oxidation sites excluding steroid dienone is 3. The van der Waals surface area contributed by atoms with Crippen LogP contribution >= 0.6 is 0 Å². The van der Waals surface area contributed by atoms with E-state index in [0.29, 0.717) is 19.6 Å². The number of urea groups is 1. The standard InChI is InChI=1S/C29H47N3O3/c1-9-21(15-18-32-27(35)30-11-3)19-22(10-2)24-14-13-23(20-25(24)33)29(7,8)16-12-17-31-26(34)28(4,5)6/h10,13-14,19-20,33H,9,11-12,15-18H2,1-8H3,(H,31,34)(H2,30,32,35)/b21-19+,22-10+. The summed E-state index contributed by atoms with van der Waals surface area (Å²) in [4.78, 5) is 23.7. The molecule has 0 aliphatic carbocycles. The van der Waals surface area contributed by atoms with E-state index < -0.39 is 0 Å². The van der Waals surface area contributed by atoms with Gasteiger partial charge >= 0.3 is 6.03 Å². The number of phenols is 1. The third-order valence-corrected chi connectivity index (χ3v) is 6.23. The molecule has 1 rings (SSSR count). The number of carbonyl (C=O) groups is 2. The van der Waals surface area contributed by atoms with Crippen molar-refractivity contribution in [2.24, 2.45) is 5.41 Å². The molecule has 0 saturated carbocycles. The van der Waals surface area contributed by atoms with E-state index in [1.165, 1.54) is 5.57 Å². The maximum absolute atomic E-state index is 12.1. The summed E-state index contributed by atoms with van der Waals surface area (Å²) in [5.74, 6) is 0.326. The molecule has 35 heavy (non-hydrogen) atoms. The second-order valence-corrected chi connectivity index (χ2v) is 10.7. The van der Waals surface area contributed by atoms with E-state index in [-0.39, 0.29) is 28.5 Å². The van der Waals surface area contributed by atoms with Crippen molar-refractivity contribution < 1.29 is 14.7 Å². The quantitative estimate of drug-likeness (QED) is 0.214. The van der Waals surface area contributed by atoms with Crippen molar-refractivity contribution in [2.45, 2.75) is 86.5 Å². The van der Waals surface area contributed by atoms with Crippen LogP contribution in [0.25, 0.3) is 5.57 Å². The lowest BCUT2D eigenvalue weighted by Gasteiger charge is -2.26. The Morgan fingerprint density at radius 1 is 1.00 bits per heavy atom. The molecule has 0 spiro atoms. The van der Waals surface area contributed by atoms with Gasteiger partial charge in [-0.15, -0.1) is 0 Å². The molecule has 0 aliphatic heterocycles. The van der Waals surface area contributed by atoms with E-state index in [2.05, 4.69) is 48.9 Å². The first-order valence-corrected chi connectivity index (χ1v) is 12.8. The summed E-state index contributed by atoms with van der Waals surface area (Å²) < 4.78 is 0. The molecule has 0 saturated heterocycles. The summed E-state index contributed by atoms with van der Waals surface area (Å²) >= 11 is 0. The number of aromatic hydroxyl groups is 1. The van der Waals surface area contributed by atoms with Gasteiger partial charge in [-0.3, -0.25) is 4.79 Å². The molecule has 1 aromatic rings. The third kappa shape index (κ3) is 10.2. The van der Waals surface area contributed by atoms with Crippen LogP contribution in [0.4, 0.5) is 4.79 Å². The topological polar surface area (TPSA) is 90.5 Å². The van der Waals surface area contributed by atoms with Gasteiger partial charge in [0.05, 0.1) is 0 Å². The van der Waals surface area contributed by atoms with E-state index in [1.807, 2.05) is 52.8 Å². The van der Waals surface area contributed by atoms with E-state index in [1.54, 1.807) is 0 Å². The summed E-state index contributed by atoms with van der Waals surface area (Å²) in [6, 6.07) is 5.78. The predicted molar refractivity (Wildman–Crippen MR) is 147 cm³/mol. The lowest BCUT2D eigenvalue weighted by atomic mass is 9.79. The Morgan fingerprint density at radius 3 is 2.23 bits per heavy atom. The highest BCUT2D eigenvalue weighted by Crippen LogP contribution is 2.35. The van der Waals surface area contributed by atoms with Gasteiger partial charge in [0.15, 0.2) is 0 Å². The van der Waals surface area contributed by atoms with Gasteiger partial charge in [-0.25, -0.2) is 4.79 Å². The van der Waals surface area contributed by atoms with Crippen molar-refractivity contribution in [3.8, 4) is 5.75 Å². The Bertz CT molecular complexity index is 908. The summed E-state index contributed by atoms with van der Waals surface area (Å²) in [6.07, 6.45) is 7.49. The van der Waals surface area contributed by atoms with Gasteiger partial charge < -0.3 is 21.1 Å². The highest BCUT2D eigenvalue weighted by molar-refractivity contribution is 5.81. The summed E-state index contributed by atoms with van der Waals surface area (Å²) in [7, 11) is 0. The van der Waals surface area contributed by atoms with Crippen LogP contribution in [0.2, 0.25) is 0 Å². The predicted octanol–water partition coefficient (Wildman–Crippen LogP) is 6.06. The third-order valence-electron chi connectivity index (χ3n) is 6.23. The minimum atomic E-state index is -0.381. The van der Waals surface area contributed by atoms with Gasteiger partial charge in [0.1, 0.15) is 5.75 Å². The van der Waals surface area contributed by atoms with Crippen LogP contribution in [-0.2, 0) is 10.2 Å². The average Bonchev–Trinajstić information content (AvgIpc) is 2.78. The molecule has 0 radical (unpaired) electrons. The fourth-order valence-electron chi connectivity index (χ4n) is 3.79. The molecule has 4 N–H and O–H groups in total. The van der Waals surface area contributed by atoms with Gasteiger partial charge in [0.2, 0.25) is 5.91 Å². The van der Waals surface area contributed by atoms with Crippen LogP contribution in [0, 0.1) is 5.41 Å². The lowest BCUT2D eigenvalue weighted by Crippen LogP contribution is -2.35. The molecule has 196 valence electrons. The van der Waals surface area contributed by atoms with Crippen LogP contribution in [0.15, 0.2) is 35.9 Å².